The molecule has 0 bridgehead atoms. The number of carbonyl (C=O) groups is 4. The summed E-state index contributed by atoms with van der Waals surface area (Å²) in [6, 6.07) is 23.2. The van der Waals surface area contributed by atoms with Crippen LogP contribution in [0.25, 0.3) is 16.6 Å². The fourth-order valence-corrected chi connectivity index (χ4v) is 5.86. The normalized spacial score (nSPS) is 15.0. The Bertz CT molecular complexity index is 2090. The third kappa shape index (κ3) is 7.95. The quantitative estimate of drug-likeness (QED) is 0.0975. The lowest BCUT2D eigenvalue weighted by Gasteiger charge is -2.26. The Morgan fingerprint density at radius 2 is 1.41 bits per heavy atom. The van der Waals surface area contributed by atoms with E-state index in [1.807, 2.05) is 0 Å². The molecule has 0 amide bonds. The molecule has 6 rings (SSSR count). The van der Waals surface area contributed by atoms with Crippen LogP contribution in [0.1, 0.15) is 61.6 Å². The van der Waals surface area contributed by atoms with Gasteiger partial charge in [0.25, 0.3) is 5.79 Å². The Labute approximate surface area is 297 Å². The van der Waals surface area contributed by atoms with Crippen LogP contribution in [0.3, 0.4) is 0 Å². The molecular weight excluding hydrogens is 676 g/mol. The Hall–Kier alpha value is -5.92. The molecule has 0 fully saturated rings. The lowest BCUT2D eigenvalue weighted by atomic mass is 9.87. The van der Waals surface area contributed by atoms with E-state index < -0.39 is 17.7 Å². The van der Waals surface area contributed by atoms with Crippen molar-refractivity contribution in [2.75, 3.05) is 27.4 Å². The lowest BCUT2D eigenvalue weighted by molar-refractivity contribution is -0.185. The fraction of sp³-hybridized carbons (Fsp3) is 0.211. The van der Waals surface area contributed by atoms with E-state index in [4.69, 9.17) is 23.7 Å². The molecule has 1 atom stereocenters. The van der Waals surface area contributed by atoms with Crippen LogP contribution in [-0.4, -0.2) is 65.5 Å². The van der Waals surface area contributed by atoms with E-state index in [1.165, 1.54) is 14.2 Å². The van der Waals surface area contributed by atoms with Gasteiger partial charge in [-0.15, -0.1) is 0 Å². The van der Waals surface area contributed by atoms with Crippen molar-refractivity contribution in [2.24, 2.45) is 0 Å². The average Bonchev–Trinajstić information content (AvgIpc) is 3.73. The summed E-state index contributed by atoms with van der Waals surface area (Å²) >= 11 is 1.07. The standard InChI is InChI=1S/C28H24N2O7S.C10H10O3/c1-4-36-26(31)17-7-5-16(6-8-17)13-20-25(18-9-11-21-22(14-18)30-38-29-21)27(32)37-28(20,33)19-10-12-23(34-2)24(15-19)35-3;1-2-13-10(12)9-5-3-8(7-11)4-6-9/h5-12,14-15,33H,4,13H2,1-3H3;3-7H,2H2,1H3. The largest absolute Gasteiger partial charge is 0.493 e. The lowest BCUT2D eigenvalue weighted by Crippen LogP contribution is -2.29. The number of aldehydes is 1. The van der Waals surface area contributed by atoms with Crippen LogP contribution in [0.5, 0.6) is 11.5 Å². The number of methoxy groups -OCH3 is 2. The monoisotopic (exact) mass is 710 g/mol. The minimum absolute atomic E-state index is 0.155. The van der Waals surface area contributed by atoms with Crippen molar-refractivity contribution in [1.82, 2.24) is 8.75 Å². The molecule has 51 heavy (non-hydrogen) atoms. The van der Waals surface area contributed by atoms with Gasteiger partial charge in [0.2, 0.25) is 0 Å². The first-order valence-electron chi connectivity index (χ1n) is 15.8. The minimum Gasteiger partial charge on any atom is -0.493 e. The zero-order chi connectivity index (χ0) is 36.5. The molecule has 1 aliphatic heterocycles. The summed E-state index contributed by atoms with van der Waals surface area (Å²) in [5.74, 6) is -2.71. The van der Waals surface area contributed by atoms with Crippen molar-refractivity contribution in [3.8, 4) is 11.5 Å². The molecular formula is C38H34N2O10S. The van der Waals surface area contributed by atoms with Gasteiger partial charge in [-0.05, 0) is 79.6 Å². The topological polar surface area (TPSA) is 160 Å². The number of benzene rings is 4. The maximum atomic E-state index is 13.3. The number of ether oxygens (including phenoxy) is 5. The molecule has 0 saturated heterocycles. The number of fused-ring (bicyclic) bond motifs is 1. The van der Waals surface area contributed by atoms with Gasteiger partial charge in [-0.1, -0.05) is 30.3 Å². The Balaban J connectivity index is 0.000000328. The van der Waals surface area contributed by atoms with E-state index in [9.17, 15) is 24.3 Å². The number of aliphatic hydroxyl groups is 1. The second-order valence-corrected chi connectivity index (χ2v) is 11.5. The highest BCUT2D eigenvalue weighted by Gasteiger charge is 2.48. The van der Waals surface area contributed by atoms with Crippen LogP contribution >= 0.6 is 11.7 Å². The summed E-state index contributed by atoms with van der Waals surface area (Å²) < 4.78 is 34.8. The van der Waals surface area contributed by atoms with Crippen molar-refractivity contribution < 1.29 is 48.0 Å². The van der Waals surface area contributed by atoms with Crippen molar-refractivity contribution in [3.63, 3.8) is 0 Å². The zero-order valence-electron chi connectivity index (χ0n) is 28.2. The fourth-order valence-electron chi connectivity index (χ4n) is 5.35. The molecule has 2 heterocycles. The van der Waals surface area contributed by atoms with Crippen molar-refractivity contribution in [2.45, 2.75) is 26.1 Å². The first-order valence-corrected chi connectivity index (χ1v) is 16.5. The van der Waals surface area contributed by atoms with Crippen LogP contribution in [0.15, 0.2) is 90.5 Å². The Morgan fingerprint density at radius 1 is 0.804 bits per heavy atom. The highest BCUT2D eigenvalue weighted by Crippen LogP contribution is 2.46. The van der Waals surface area contributed by atoms with Gasteiger partial charge in [0.15, 0.2) is 11.5 Å². The van der Waals surface area contributed by atoms with Crippen LogP contribution < -0.4 is 9.47 Å². The van der Waals surface area contributed by atoms with Crippen LogP contribution in [0.2, 0.25) is 0 Å². The SMILES string of the molecule is CCOC(=O)c1ccc(C=O)cc1.CCOC(=O)c1ccc(CC2=C(c3ccc4nsnc4c3)C(=O)OC2(O)c2ccc(OC)c(OC)c2)cc1. The van der Waals surface area contributed by atoms with Gasteiger partial charge >= 0.3 is 17.9 Å². The van der Waals surface area contributed by atoms with E-state index in [-0.39, 0.29) is 24.6 Å². The molecule has 1 unspecified atom stereocenters. The minimum atomic E-state index is -2.08. The van der Waals surface area contributed by atoms with E-state index in [0.717, 1.165) is 23.6 Å². The summed E-state index contributed by atoms with van der Waals surface area (Å²) in [7, 11) is 2.99. The van der Waals surface area contributed by atoms with Gasteiger partial charge in [-0.25, -0.2) is 14.4 Å². The third-order valence-corrected chi connectivity index (χ3v) is 8.43. The second kappa shape index (κ2) is 16.2. The molecule has 12 nitrogen and oxygen atoms in total. The molecule has 262 valence electrons. The van der Waals surface area contributed by atoms with Gasteiger partial charge in [0.05, 0.1) is 55.9 Å². The van der Waals surface area contributed by atoms with Crippen molar-refractivity contribution in [1.29, 1.82) is 0 Å². The van der Waals surface area contributed by atoms with E-state index in [2.05, 4.69) is 8.75 Å². The molecule has 1 aliphatic rings. The Morgan fingerprint density at radius 3 is 2.00 bits per heavy atom. The van der Waals surface area contributed by atoms with E-state index in [1.54, 1.807) is 98.8 Å². The molecule has 0 saturated carbocycles. The van der Waals surface area contributed by atoms with Crippen LogP contribution in [0.4, 0.5) is 0 Å². The zero-order valence-corrected chi connectivity index (χ0v) is 29.0. The summed E-state index contributed by atoms with van der Waals surface area (Å²) in [5.41, 5.74) is 4.91. The second-order valence-electron chi connectivity index (χ2n) is 11.0. The summed E-state index contributed by atoms with van der Waals surface area (Å²) in [5, 5.41) is 12.0. The number of aromatic nitrogens is 2. The molecule has 13 heteroatoms. The predicted molar refractivity (Wildman–Crippen MR) is 188 cm³/mol. The van der Waals surface area contributed by atoms with Crippen molar-refractivity contribution in [3.05, 3.63) is 124 Å². The van der Waals surface area contributed by atoms with Crippen LogP contribution in [0, 0.1) is 0 Å². The molecule has 0 radical (unpaired) electrons. The number of hydrogen-bond acceptors (Lipinski definition) is 13. The molecule has 1 aromatic heterocycles. The number of hydrogen-bond donors (Lipinski definition) is 1. The van der Waals surface area contributed by atoms with Crippen molar-refractivity contribution >= 4 is 52.5 Å². The molecule has 1 N–H and O–H groups in total. The molecule has 5 aromatic rings. The summed E-state index contributed by atoms with van der Waals surface area (Å²) in [6.07, 6.45) is 0.886. The maximum Gasteiger partial charge on any atom is 0.342 e. The highest BCUT2D eigenvalue weighted by molar-refractivity contribution is 7.00. The van der Waals surface area contributed by atoms with Gasteiger partial charge in [-0.2, -0.15) is 8.75 Å². The van der Waals surface area contributed by atoms with E-state index >= 15 is 0 Å². The predicted octanol–water partition coefficient (Wildman–Crippen LogP) is 5.96. The number of esters is 3. The van der Waals surface area contributed by atoms with Gasteiger partial charge in [-0.3, -0.25) is 4.79 Å². The van der Waals surface area contributed by atoms with Gasteiger partial charge < -0.3 is 28.8 Å². The maximum absolute atomic E-state index is 13.3. The molecule has 0 aliphatic carbocycles. The van der Waals surface area contributed by atoms with Gasteiger partial charge in [0.1, 0.15) is 17.3 Å². The first kappa shape index (κ1) is 36.4. The average molecular weight is 711 g/mol. The number of nitrogens with zero attached hydrogens (tertiary/aromatic N) is 2. The molecule has 0 spiro atoms. The summed E-state index contributed by atoms with van der Waals surface area (Å²) in [6.45, 7) is 4.12. The van der Waals surface area contributed by atoms with Crippen LogP contribution in [-0.2, 0) is 31.2 Å². The smallest absolute Gasteiger partial charge is 0.342 e. The molecule has 4 aromatic carbocycles. The Kier molecular flexibility index (Phi) is 11.5. The number of carbonyl (C=O) groups excluding carboxylic acids is 4. The number of rotatable bonds is 11. The third-order valence-electron chi connectivity index (χ3n) is 7.88. The van der Waals surface area contributed by atoms with E-state index in [0.29, 0.717) is 62.5 Å². The highest BCUT2D eigenvalue weighted by atomic mass is 32.1. The first-order chi connectivity index (χ1) is 24.6. The number of cyclic esters (lactones) is 1. The summed E-state index contributed by atoms with van der Waals surface area (Å²) in [4.78, 5) is 46.9. The van der Waals surface area contributed by atoms with Gasteiger partial charge in [0, 0.05) is 23.1 Å².